The molecule has 0 atom stereocenters. The lowest BCUT2D eigenvalue weighted by Crippen LogP contribution is -2.25. The van der Waals surface area contributed by atoms with Gasteiger partial charge in [0, 0.05) is 13.1 Å². The molecule has 1 heterocycles. The summed E-state index contributed by atoms with van der Waals surface area (Å²) in [4.78, 5) is 21.7. The molecule has 0 bridgehead atoms. The Hall–Kier alpha value is -1.92. The van der Waals surface area contributed by atoms with E-state index in [4.69, 9.17) is 0 Å². The normalized spacial score (nSPS) is 18.1. The average molecular weight is 241 g/mol. The standard InChI is InChI=1S/C10H15N3O4/c1-9(7-12(14)15)10(13(16)17)8-11-5-3-2-4-6-11/h7-8H,2-6H2,1H3/b9-7+,10-8-. The minimum atomic E-state index is -0.678. The number of nitro groups is 2. The molecule has 1 fully saturated rings. The first-order chi connectivity index (χ1) is 8.00. The monoisotopic (exact) mass is 241 g/mol. The zero-order valence-electron chi connectivity index (χ0n) is 9.66. The van der Waals surface area contributed by atoms with Gasteiger partial charge in [-0.25, -0.2) is 0 Å². The molecule has 0 radical (unpaired) electrons. The van der Waals surface area contributed by atoms with Gasteiger partial charge in [0.15, 0.2) is 0 Å². The van der Waals surface area contributed by atoms with Crippen LogP contribution in [0, 0.1) is 20.2 Å². The Morgan fingerprint density at radius 2 is 1.76 bits per heavy atom. The maximum absolute atomic E-state index is 10.8. The summed E-state index contributed by atoms with van der Waals surface area (Å²) in [5.74, 6) is 0. The van der Waals surface area contributed by atoms with Crippen LogP contribution < -0.4 is 0 Å². The molecule has 0 N–H and O–H groups in total. The number of rotatable bonds is 4. The zero-order chi connectivity index (χ0) is 12.8. The van der Waals surface area contributed by atoms with Gasteiger partial charge in [-0.3, -0.25) is 20.2 Å². The first-order valence-corrected chi connectivity index (χ1v) is 5.43. The Labute approximate surface area is 98.7 Å². The Kier molecular flexibility index (Phi) is 4.62. The third-order valence-electron chi connectivity index (χ3n) is 2.60. The highest BCUT2D eigenvalue weighted by Crippen LogP contribution is 2.15. The van der Waals surface area contributed by atoms with Crippen molar-refractivity contribution in [1.29, 1.82) is 0 Å². The molecule has 1 aliphatic heterocycles. The van der Waals surface area contributed by atoms with E-state index in [1.807, 2.05) is 4.90 Å². The van der Waals surface area contributed by atoms with Crippen molar-refractivity contribution in [2.75, 3.05) is 13.1 Å². The summed E-state index contributed by atoms with van der Waals surface area (Å²) in [6.45, 7) is 2.91. The van der Waals surface area contributed by atoms with Gasteiger partial charge >= 0.3 is 0 Å². The molecule has 1 saturated heterocycles. The molecule has 7 nitrogen and oxygen atoms in total. The predicted octanol–water partition coefficient (Wildman–Crippen LogP) is 1.77. The zero-order valence-corrected chi connectivity index (χ0v) is 9.66. The molecule has 0 unspecified atom stereocenters. The summed E-state index contributed by atoms with van der Waals surface area (Å²) >= 11 is 0. The smallest absolute Gasteiger partial charge is 0.294 e. The highest BCUT2D eigenvalue weighted by atomic mass is 16.6. The van der Waals surface area contributed by atoms with Crippen LogP contribution in [0.2, 0.25) is 0 Å². The molecule has 1 aliphatic rings. The van der Waals surface area contributed by atoms with Crippen molar-refractivity contribution in [3.8, 4) is 0 Å². The van der Waals surface area contributed by atoms with Crippen molar-refractivity contribution >= 4 is 0 Å². The fraction of sp³-hybridized carbons (Fsp3) is 0.600. The van der Waals surface area contributed by atoms with Crippen molar-refractivity contribution in [3.63, 3.8) is 0 Å². The number of likely N-dealkylation sites (tertiary alicyclic amines) is 1. The van der Waals surface area contributed by atoms with Crippen molar-refractivity contribution in [3.05, 3.63) is 43.9 Å². The molecule has 17 heavy (non-hydrogen) atoms. The summed E-state index contributed by atoms with van der Waals surface area (Å²) in [6.07, 6.45) is 5.20. The van der Waals surface area contributed by atoms with Gasteiger partial charge in [-0.2, -0.15) is 0 Å². The average Bonchev–Trinajstić information content (AvgIpc) is 2.25. The molecular formula is C10H15N3O4. The van der Waals surface area contributed by atoms with Gasteiger partial charge in [0.1, 0.15) is 0 Å². The molecule has 0 saturated carbocycles. The first-order valence-electron chi connectivity index (χ1n) is 5.43. The van der Waals surface area contributed by atoms with Gasteiger partial charge in [-0.15, -0.1) is 0 Å². The topological polar surface area (TPSA) is 89.5 Å². The lowest BCUT2D eigenvalue weighted by atomic mass is 10.1. The van der Waals surface area contributed by atoms with Crippen LogP contribution in [0.15, 0.2) is 23.7 Å². The Morgan fingerprint density at radius 3 is 2.24 bits per heavy atom. The van der Waals surface area contributed by atoms with E-state index in [1.165, 1.54) is 13.1 Å². The van der Waals surface area contributed by atoms with E-state index < -0.39 is 9.85 Å². The van der Waals surface area contributed by atoms with Crippen LogP contribution in [-0.2, 0) is 0 Å². The third kappa shape index (κ3) is 4.21. The van der Waals surface area contributed by atoms with E-state index in [9.17, 15) is 20.2 Å². The molecule has 0 spiro atoms. The summed E-state index contributed by atoms with van der Waals surface area (Å²) in [5, 5.41) is 21.1. The number of hydrogen-bond acceptors (Lipinski definition) is 5. The molecule has 0 aromatic carbocycles. The van der Waals surface area contributed by atoms with Gasteiger partial charge in [0.05, 0.1) is 21.6 Å². The van der Waals surface area contributed by atoms with Gasteiger partial charge in [0.25, 0.3) is 5.70 Å². The Balaban J connectivity index is 2.87. The Morgan fingerprint density at radius 1 is 1.18 bits per heavy atom. The highest BCUT2D eigenvalue weighted by molar-refractivity contribution is 5.20. The number of hydrogen-bond donors (Lipinski definition) is 0. The number of nitrogens with zero attached hydrogens (tertiary/aromatic N) is 3. The van der Waals surface area contributed by atoms with E-state index in [-0.39, 0.29) is 11.3 Å². The molecule has 0 aliphatic carbocycles. The lowest BCUT2D eigenvalue weighted by Gasteiger charge is -2.24. The molecule has 0 aromatic rings. The fourth-order valence-electron chi connectivity index (χ4n) is 1.74. The quantitative estimate of drug-likeness (QED) is 0.425. The van der Waals surface area contributed by atoms with Crippen molar-refractivity contribution in [2.24, 2.45) is 0 Å². The fourth-order valence-corrected chi connectivity index (χ4v) is 1.74. The van der Waals surface area contributed by atoms with Crippen molar-refractivity contribution in [2.45, 2.75) is 26.2 Å². The predicted molar refractivity (Wildman–Crippen MR) is 61.3 cm³/mol. The first kappa shape index (κ1) is 13.1. The van der Waals surface area contributed by atoms with E-state index in [1.54, 1.807) is 0 Å². The van der Waals surface area contributed by atoms with Crippen LogP contribution in [0.3, 0.4) is 0 Å². The SMILES string of the molecule is CC(=C\[N+](=O)[O-])/C(=C/N1CCCCC1)[N+](=O)[O-]. The molecular weight excluding hydrogens is 226 g/mol. The third-order valence-corrected chi connectivity index (χ3v) is 2.60. The molecule has 0 amide bonds. The number of allylic oxidation sites excluding steroid dienone is 1. The number of piperidine rings is 1. The van der Waals surface area contributed by atoms with Crippen LogP contribution in [0.4, 0.5) is 0 Å². The molecule has 94 valence electrons. The van der Waals surface area contributed by atoms with Crippen molar-refractivity contribution in [1.82, 2.24) is 4.90 Å². The van der Waals surface area contributed by atoms with E-state index in [2.05, 4.69) is 0 Å². The van der Waals surface area contributed by atoms with E-state index in [0.29, 0.717) is 6.20 Å². The van der Waals surface area contributed by atoms with E-state index >= 15 is 0 Å². The minimum absolute atomic E-state index is 0.0607. The second kappa shape index (κ2) is 5.97. The second-order valence-electron chi connectivity index (χ2n) is 3.97. The van der Waals surface area contributed by atoms with Crippen LogP contribution in [-0.4, -0.2) is 27.8 Å². The maximum Gasteiger partial charge on any atom is 0.294 e. The van der Waals surface area contributed by atoms with Crippen molar-refractivity contribution < 1.29 is 9.85 Å². The minimum Gasteiger partial charge on any atom is -0.372 e. The molecule has 7 heteroatoms. The van der Waals surface area contributed by atoms with Crippen LogP contribution >= 0.6 is 0 Å². The molecule has 1 rings (SSSR count). The summed E-state index contributed by atoms with van der Waals surface area (Å²) in [5.41, 5.74) is -0.144. The largest absolute Gasteiger partial charge is 0.372 e. The summed E-state index contributed by atoms with van der Waals surface area (Å²) in [6, 6.07) is 0. The van der Waals surface area contributed by atoms with Crippen LogP contribution in [0.25, 0.3) is 0 Å². The van der Waals surface area contributed by atoms with Crippen LogP contribution in [0.5, 0.6) is 0 Å². The highest BCUT2D eigenvalue weighted by Gasteiger charge is 2.19. The van der Waals surface area contributed by atoms with Crippen LogP contribution in [0.1, 0.15) is 26.2 Å². The van der Waals surface area contributed by atoms with Gasteiger partial charge in [0.2, 0.25) is 6.20 Å². The second-order valence-corrected chi connectivity index (χ2v) is 3.97. The van der Waals surface area contributed by atoms with Gasteiger partial charge in [-0.05, 0) is 26.2 Å². The lowest BCUT2D eigenvalue weighted by molar-refractivity contribution is -0.427. The molecule has 0 aromatic heterocycles. The Bertz CT molecular complexity index is 370. The maximum atomic E-state index is 10.8. The van der Waals surface area contributed by atoms with Gasteiger partial charge < -0.3 is 4.90 Å². The summed E-state index contributed by atoms with van der Waals surface area (Å²) in [7, 11) is 0. The van der Waals surface area contributed by atoms with Gasteiger partial charge in [-0.1, -0.05) is 0 Å². The van der Waals surface area contributed by atoms with E-state index in [0.717, 1.165) is 32.4 Å². The summed E-state index contributed by atoms with van der Waals surface area (Å²) < 4.78 is 0.